The summed E-state index contributed by atoms with van der Waals surface area (Å²) in [6.07, 6.45) is 5.25. The number of aliphatic hydroxyl groups is 1. The summed E-state index contributed by atoms with van der Waals surface area (Å²) < 4.78 is 0. The summed E-state index contributed by atoms with van der Waals surface area (Å²) in [4.78, 5) is 24.2. The van der Waals surface area contributed by atoms with Gasteiger partial charge < -0.3 is 20.4 Å². The van der Waals surface area contributed by atoms with Crippen LogP contribution in [0.4, 0.5) is 4.79 Å². The van der Waals surface area contributed by atoms with Crippen molar-refractivity contribution in [3.05, 3.63) is 0 Å². The number of carbonyl (C=O) groups excluding carboxylic acids is 1. The average Bonchev–Trinajstić information content (AvgIpc) is 2.77. The van der Waals surface area contributed by atoms with E-state index in [0.717, 1.165) is 6.42 Å². The topological polar surface area (TPSA) is 89.9 Å². The third kappa shape index (κ3) is 3.64. The van der Waals surface area contributed by atoms with Gasteiger partial charge in [-0.25, -0.2) is 9.59 Å². The van der Waals surface area contributed by atoms with Crippen molar-refractivity contribution in [3.63, 3.8) is 0 Å². The predicted octanol–water partition coefficient (Wildman–Crippen LogP) is -0.125. The van der Waals surface area contributed by atoms with Gasteiger partial charge >= 0.3 is 12.0 Å². The highest BCUT2D eigenvalue weighted by molar-refractivity contribution is 5.82. The van der Waals surface area contributed by atoms with Gasteiger partial charge in [0.1, 0.15) is 6.04 Å². The maximum absolute atomic E-state index is 11.8. The van der Waals surface area contributed by atoms with Crippen LogP contribution < -0.4 is 5.32 Å². The van der Waals surface area contributed by atoms with Gasteiger partial charge in [-0.15, -0.1) is 12.3 Å². The number of urea groups is 1. The lowest BCUT2D eigenvalue weighted by atomic mass is 10.0. The molecule has 0 aromatic carbocycles. The molecule has 0 radical (unpaired) electrons. The van der Waals surface area contributed by atoms with Gasteiger partial charge in [0.05, 0.1) is 6.10 Å². The van der Waals surface area contributed by atoms with Gasteiger partial charge in [-0.1, -0.05) is 0 Å². The monoisotopic (exact) mass is 254 g/mol. The van der Waals surface area contributed by atoms with E-state index in [-0.39, 0.29) is 12.3 Å². The van der Waals surface area contributed by atoms with Gasteiger partial charge in [0.2, 0.25) is 0 Å². The second-order valence-corrected chi connectivity index (χ2v) is 4.48. The van der Waals surface area contributed by atoms with Crippen LogP contribution in [0, 0.1) is 18.3 Å². The minimum atomic E-state index is -1.15. The standard InChI is InChI=1S/C12H18N2O4/c1-3-4-10(11(16)17)13-12(18)14-6-5-9(7-14)8(2)15/h1,8-10,15H,4-7H2,2H3,(H,13,18)(H,16,17). The molecule has 1 fully saturated rings. The zero-order valence-corrected chi connectivity index (χ0v) is 10.3. The number of carboxylic acids is 1. The molecule has 0 saturated carbocycles. The van der Waals surface area contributed by atoms with E-state index in [2.05, 4.69) is 11.2 Å². The van der Waals surface area contributed by atoms with Crippen LogP contribution in [0.1, 0.15) is 19.8 Å². The van der Waals surface area contributed by atoms with Crippen LogP contribution in [0.2, 0.25) is 0 Å². The highest BCUT2D eigenvalue weighted by Crippen LogP contribution is 2.19. The Bertz CT molecular complexity index is 362. The van der Waals surface area contributed by atoms with Crippen molar-refractivity contribution in [1.29, 1.82) is 0 Å². The van der Waals surface area contributed by atoms with Crippen molar-refractivity contribution in [2.24, 2.45) is 5.92 Å². The average molecular weight is 254 g/mol. The SMILES string of the molecule is C#CCC(NC(=O)N1CCC(C(C)O)C1)C(=O)O. The number of carbonyl (C=O) groups is 2. The van der Waals surface area contributed by atoms with E-state index in [1.807, 2.05) is 0 Å². The Morgan fingerprint density at radius 1 is 1.61 bits per heavy atom. The Balaban J connectivity index is 2.51. The Labute approximate surface area is 106 Å². The van der Waals surface area contributed by atoms with E-state index in [1.165, 1.54) is 4.90 Å². The molecule has 1 aliphatic heterocycles. The van der Waals surface area contributed by atoms with Gasteiger partial charge in [-0.2, -0.15) is 0 Å². The Morgan fingerprint density at radius 2 is 2.28 bits per heavy atom. The molecule has 0 aliphatic carbocycles. The zero-order chi connectivity index (χ0) is 13.7. The number of likely N-dealkylation sites (tertiary alicyclic amines) is 1. The summed E-state index contributed by atoms with van der Waals surface area (Å²) in [6, 6.07) is -1.51. The Morgan fingerprint density at radius 3 is 2.72 bits per heavy atom. The second-order valence-electron chi connectivity index (χ2n) is 4.48. The summed E-state index contributed by atoms with van der Waals surface area (Å²) in [6.45, 7) is 2.64. The van der Waals surface area contributed by atoms with Gasteiger partial charge in [0.15, 0.2) is 0 Å². The van der Waals surface area contributed by atoms with Crippen molar-refractivity contribution in [3.8, 4) is 12.3 Å². The predicted molar refractivity (Wildman–Crippen MR) is 64.8 cm³/mol. The molecule has 1 aliphatic rings. The molecule has 1 rings (SSSR count). The first-order valence-electron chi connectivity index (χ1n) is 5.85. The number of carboxylic acid groups (broad SMARTS) is 1. The maximum Gasteiger partial charge on any atom is 0.327 e. The summed E-state index contributed by atoms with van der Waals surface area (Å²) in [5.74, 6) is 1.12. The number of nitrogens with one attached hydrogen (secondary N) is 1. The number of terminal acetylenes is 1. The number of rotatable bonds is 4. The molecule has 18 heavy (non-hydrogen) atoms. The molecule has 1 saturated heterocycles. The molecule has 0 aromatic heterocycles. The number of amides is 2. The fourth-order valence-electron chi connectivity index (χ4n) is 1.92. The molecule has 6 heteroatoms. The first-order chi connectivity index (χ1) is 8.45. The third-order valence-corrected chi connectivity index (χ3v) is 3.11. The molecule has 3 N–H and O–H groups in total. The molecule has 3 unspecified atom stereocenters. The van der Waals surface area contributed by atoms with Crippen LogP contribution in [0.3, 0.4) is 0 Å². The smallest absolute Gasteiger partial charge is 0.327 e. The van der Waals surface area contributed by atoms with Crippen molar-refractivity contribution >= 4 is 12.0 Å². The van der Waals surface area contributed by atoms with E-state index in [0.29, 0.717) is 13.1 Å². The van der Waals surface area contributed by atoms with E-state index < -0.39 is 24.1 Å². The van der Waals surface area contributed by atoms with Gasteiger partial charge in [-0.05, 0) is 13.3 Å². The molecule has 0 bridgehead atoms. The lowest BCUT2D eigenvalue weighted by molar-refractivity contribution is -0.139. The second kappa shape index (κ2) is 6.26. The largest absolute Gasteiger partial charge is 0.480 e. The molecule has 2 amide bonds. The highest BCUT2D eigenvalue weighted by Gasteiger charge is 2.30. The van der Waals surface area contributed by atoms with Gasteiger partial charge in [-0.3, -0.25) is 0 Å². The fourth-order valence-corrected chi connectivity index (χ4v) is 1.92. The number of aliphatic carboxylic acids is 1. The quantitative estimate of drug-likeness (QED) is 0.610. The molecule has 0 aromatic rings. The summed E-state index contributed by atoms with van der Waals surface area (Å²) in [5, 5.41) is 20.7. The van der Waals surface area contributed by atoms with E-state index in [9.17, 15) is 14.7 Å². The first kappa shape index (κ1) is 14.3. The highest BCUT2D eigenvalue weighted by atomic mass is 16.4. The summed E-state index contributed by atoms with van der Waals surface area (Å²) >= 11 is 0. The molecule has 3 atom stereocenters. The van der Waals surface area contributed by atoms with Gasteiger partial charge in [0, 0.05) is 25.4 Å². The molecular weight excluding hydrogens is 236 g/mol. The molecule has 100 valence electrons. The van der Waals surface area contributed by atoms with Crippen LogP contribution in [0.5, 0.6) is 0 Å². The van der Waals surface area contributed by atoms with Crippen molar-refractivity contribution in [1.82, 2.24) is 10.2 Å². The van der Waals surface area contributed by atoms with Crippen LogP contribution in [0.15, 0.2) is 0 Å². The van der Waals surface area contributed by atoms with Gasteiger partial charge in [0.25, 0.3) is 0 Å². The van der Waals surface area contributed by atoms with Crippen LogP contribution >= 0.6 is 0 Å². The van der Waals surface area contributed by atoms with Crippen LogP contribution in [0.25, 0.3) is 0 Å². The van der Waals surface area contributed by atoms with E-state index >= 15 is 0 Å². The molecule has 0 spiro atoms. The van der Waals surface area contributed by atoms with Crippen molar-refractivity contribution in [2.45, 2.75) is 31.9 Å². The number of hydrogen-bond acceptors (Lipinski definition) is 3. The fraction of sp³-hybridized carbons (Fsp3) is 0.667. The lowest BCUT2D eigenvalue weighted by Gasteiger charge is -2.20. The number of hydrogen-bond donors (Lipinski definition) is 3. The maximum atomic E-state index is 11.8. The van der Waals surface area contributed by atoms with E-state index in [1.54, 1.807) is 6.92 Å². The Hall–Kier alpha value is -1.74. The molecule has 1 heterocycles. The first-order valence-corrected chi connectivity index (χ1v) is 5.85. The van der Waals surface area contributed by atoms with Crippen molar-refractivity contribution in [2.75, 3.05) is 13.1 Å². The zero-order valence-electron chi connectivity index (χ0n) is 10.3. The lowest BCUT2D eigenvalue weighted by Crippen LogP contribution is -2.47. The number of nitrogens with zero attached hydrogens (tertiary/aromatic N) is 1. The number of aliphatic hydroxyl groups excluding tert-OH is 1. The van der Waals surface area contributed by atoms with Crippen molar-refractivity contribution < 1.29 is 19.8 Å². The normalized spacial score (nSPS) is 22.1. The third-order valence-electron chi connectivity index (χ3n) is 3.11. The van der Waals surface area contributed by atoms with Crippen LogP contribution in [-0.2, 0) is 4.79 Å². The minimum absolute atomic E-state index is 0.0469. The molecule has 6 nitrogen and oxygen atoms in total. The minimum Gasteiger partial charge on any atom is -0.480 e. The molecular formula is C12H18N2O4. The van der Waals surface area contributed by atoms with Crippen LogP contribution in [-0.4, -0.2) is 52.3 Å². The summed E-state index contributed by atoms with van der Waals surface area (Å²) in [7, 11) is 0. The van der Waals surface area contributed by atoms with E-state index in [4.69, 9.17) is 11.5 Å². The Kier molecular flexibility index (Phi) is 4.98. The summed E-state index contributed by atoms with van der Waals surface area (Å²) in [5.41, 5.74) is 0.